The molecule has 1 N–H and O–H groups in total. The molecule has 1 aliphatic rings. The van der Waals surface area contributed by atoms with E-state index < -0.39 is 4.92 Å². The zero-order chi connectivity index (χ0) is 18.7. The van der Waals surface area contributed by atoms with Gasteiger partial charge < -0.3 is 15.0 Å². The van der Waals surface area contributed by atoms with Crippen LogP contribution in [0.2, 0.25) is 5.02 Å². The van der Waals surface area contributed by atoms with E-state index in [1.54, 1.807) is 30.3 Å². The van der Waals surface area contributed by atoms with Crippen LogP contribution in [0.5, 0.6) is 0 Å². The molecule has 0 saturated carbocycles. The second-order valence-electron chi connectivity index (χ2n) is 5.98. The molecule has 0 aliphatic carbocycles. The Hall–Kier alpha value is -2.64. The lowest BCUT2D eigenvalue weighted by atomic mass is 10.1. The van der Waals surface area contributed by atoms with Gasteiger partial charge in [-0.2, -0.15) is 0 Å². The van der Waals surface area contributed by atoms with Crippen molar-refractivity contribution < 1.29 is 14.5 Å². The third-order valence-electron chi connectivity index (χ3n) is 4.22. The van der Waals surface area contributed by atoms with Crippen molar-refractivity contribution >= 4 is 34.6 Å². The number of aryl methyl sites for hydroxylation is 1. The fraction of sp³-hybridized carbons (Fsp3) is 0.278. The molecule has 7 nitrogen and oxygen atoms in total. The van der Waals surface area contributed by atoms with E-state index in [2.05, 4.69) is 5.32 Å². The molecule has 1 fully saturated rings. The summed E-state index contributed by atoms with van der Waals surface area (Å²) in [5.74, 6) is -0.375. The average molecular weight is 376 g/mol. The molecule has 8 heteroatoms. The minimum absolute atomic E-state index is 0.0494. The third kappa shape index (κ3) is 3.95. The number of hydrogen-bond donors (Lipinski definition) is 1. The third-order valence-corrected chi connectivity index (χ3v) is 4.62. The van der Waals surface area contributed by atoms with Gasteiger partial charge in [0.15, 0.2) is 0 Å². The van der Waals surface area contributed by atoms with Crippen molar-refractivity contribution in [1.82, 2.24) is 0 Å². The van der Waals surface area contributed by atoms with Gasteiger partial charge in [-0.1, -0.05) is 17.7 Å². The van der Waals surface area contributed by atoms with Gasteiger partial charge in [-0.15, -0.1) is 0 Å². The zero-order valence-corrected chi connectivity index (χ0v) is 15.0. The molecule has 1 saturated heterocycles. The Bertz CT molecular complexity index is 850. The van der Waals surface area contributed by atoms with E-state index in [9.17, 15) is 14.9 Å². The quantitative estimate of drug-likeness (QED) is 0.651. The van der Waals surface area contributed by atoms with E-state index in [1.165, 1.54) is 6.07 Å². The molecule has 1 heterocycles. The van der Waals surface area contributed by atoms with Crippen LogP contribution < -0.4 is 10.2 Å². The first kappa shape index (κ1) is 18.2. The number of carbonyl (C=O) groups is 1. The van der Waals surface area contributed by atoms with Gasteiger partial charge >= 0.3 is 0 Å². The highest BCUT2D eigenvalue weighted by Crippen LogP contribution is 2.32. The van der Waals surface area contributed by atoms with Gasteiger partial charge in [-0.25, -0.2) is 0 Å². The van der Waals surface area contributed by atoms with E-state index in [0.29, 0.717) is 48.3 Å². The number of carbonyl (C=O) groups excluding carboxylic acids is 1. The standard InChI is InChI=1S/C18H18ClN3O4/c1-12-2-3-13(10-15(12)19)18(23)20-14-4-5-16(17(11-14)22(24)25)21-6-8-26-9-7-21/h2-5,10-11H,6-9H2,1H3,(H,20,23). The van der Waals surface area contributed by atoms with Gasteiger partial charge in [-0.05, 0) is 36.8 Å². The minimum atomic E-state index is -0.441. The van der Waals surface area contributed by atoms with Crippen molar-refractivity contribution in [3.8, 4) is 0 Å². The van der Waals surface area contributed by atoms with Gasteiger partial charge in [0.2, 0.25) is 0 Å². The van der Waals surface area contributed by atoms with Gasteiger partial charge in [0.25, 0.3) is 11.6 Å². The molecule has 26 heavy (non-hydrogen) atoms. The summed E-state index contributed by atoms with van der Waals surface area (Å²) in [6.45, 7) is 4.09. The van der Waals surface area contributed by atoms with Crippen molar-refractivity contribution in [2.45, 2.75) is 6.92 Å². The topological polar surface area (TPSA) is 84.7 Å². The van der Waals surface area contributed by atoms with Crippen molar-refractivity contribution in [1.29, 1.82) is 0 Å². The largest absolute Gasteiger partial charge is 0.378 e. The zero-order valence-electron chi connectivity index (χ0n) is 14.2. The SMILES string of the molecule is Cc1ccc(C(=O)Nc2ccc(N3CCOCC3)c([N+](=O)[O-])c2)cc1Cl. The molecule has 0 unspecified atom stereocenters. The number of amides is 1. The van der Waals surface area contributed by atoms with Crippen LogP contribution in [-0.4, -0.2) is 37.1 Å². The summed E-state index contributed by atoms with van der Waals surface area (Å²) in [6, 6.07) is 9.67. The first-order chi connectivity index (χ1) is 12.5. The van der Waals surface area contributed by atoms with Crippen LogP contribution in [0.4, 0.5) is 17.1 Å². The Balaban J connectivity index is 1.83. The molecule has 1 amide bonds. The highest BCUT2D eigenvalue weighted by atomic mass is 35.5. The summed E-state index contributed by atoms with van der Waals surface area (Å²) in [5.41, 5.74) is 2.09. The number of morpholine rings is 1. The van der Waals surface area contributed by atoms with E-state index in [0.717, 1.165) is 5.56 Å². The van der Waals surface area contributed by atoms with E-state index in [1.807, 2.05) is 11.8 Å². The highest BCUT2D eigenvalue weighted by Gasteiger charge is 2.22. The maximum absolute atomic E-state index is 12.4. The average Bonchev–Trinajstić information content (AvgIpc) is 2.64. The smallest absolute Gasteiger partial charge is 0.294 e. The van der Waals surface area contributed by atoms with Crippen molar-refractivity contribution in [2.75, 3.05) is 36.5 Å². The number of ether oxygens (including phenoxy) is 1. The molecule has 0 radical (unpaired) electrons. The monoisotopic (exact) mass is 375 g/mol. The first-order valence-electron chi connectivity index (χ1n) is 8.14. The second kappa shape index (κ2) is 7.72. The van der Waals surface area contributed by atoms with E-state index in [-0.39, 0.29) is 11.6 Å². The van der Waals surface area contributed by atoms with Crippen LogP contribution in [0.15, 0.2) is 36.4 Å². The molecular formula is C18H18ClN3O4. The van der Waals surface area contributed by atoms with Gasteiger partial charge in [0.1, 0.15) is 5.69 Å². The predicted octanol–water partition coefficient (Wildman–Crippen LogP) is 3.65. The molecule has 0 bridgehead atoms. The fourth-order valence-electron chi connectivity index (χ4n) is 2.76. The Morgan fingerprint density at radius 1 is 1.23 bits per heavy atom. The maximum Gasteiger partial charge on any atom is 0.294 e. The molecule has 2 aromatic carbocycles. The Kier molecular flexibility index (Phi) is 5.39. The molecule has 1 aliphatic heterocycles. The van der Waals surface area contributed by atoms with E-state index in [4.69, 9.17) is 16.3 Å². The lowest BCUT2D eigenvalue weighted by Crippen LogP contribution is -2.36. The number of anilines is 2. The number of nitro groups is 1. The Morgan fingerprint density at radius 2 is 1.96 bits per heavy atom. The number of nitro benzene ring substituents is 1. The fourth-order valence-corrected chi connectivity index (χ4v) is 2.94. The summed E-state index contributed by atoms with van der Waals surface area (Å²) in [5, 5.41) is 14.6. The van der Waals surface area contributed by atoms with Crippen LogP contribution in [0.3, 0.4) is 0 Å². The van der Waals surface area contributed by atoms with Gasteiger partial charge in [0.05, 0.1) is 18.1 Å². The molecule has 0 spiro atoms. The van der Waals surface area contributed by atoms with Crippen LogP contribution in [-0.2, 0) is 4.74 Å². The molecule has 136 valence electrons. The number of benzene rings is 2. The number of rotatable bonds is 4. The maximum atomic E-state index is 12.4. The molecule has 0 aromatic heterocycles. The van der Waals surface area contributed by atoms with Crippen LogP contribution in [0, 0.1) is 17.0 Å². The lowest BCUT2D eigenvalue weighted by molar-refractivity contribution is -0.384. The summed E-state index contributed by atoms with van der Waals surface area (Å²) >= 11 is 6.05. The van der Waals surface area contributed by atoms with Crippen LogP contribution >= 0.6 is 11.6 Å². The Morgan fingerprint density at radius 3 is 2.62 bits per heavy atom. The molecule has 2 aromatic rings. The summed E-state index contributed by atoms with van der Waals surface area (Å²) in [4.78, 5) is 25.3. The van der Waals surface area contributed by atoms with E-state index >= 15 is 0 Å². The van der Waals surface area contributed by atoms with Crippen LogP contribution in [0.1, 0.15) is 15.9 Å². The van der Waals surface area contributed by atoms with Gasteiger partial charge in [-0.3, -0.25) is 14.9 Å². The number of hydrogen-bond acceptors (Lipinski definition) is 5. The summed E-state index contributed by atoms with van der Waals surface area (Å²) < 4.78 is 5.29. The number of halogens is 1. The highest BCUT2D eigenvalue weighted by molar-refractivity contribution is 6.31. The Labute approximate surface area is 155 Å². The normalized spacial score (nSPS) is 14.2. The predicted molar refractivity (Wildman–Crippen MR) is 100 cm³/mol. The van der Waals surface area contributed by atoms with Gasteiger partial charge in [0, 0.05) is 35.4 Å². The van der Waals surface area contributed by atoms with Crippen molar-refractivity contribution in [3.05, 3.63) is 62.7 Å². The lowest BCUT2D eigenvalue weighted by Gasteiger charge is -2.28. The number of nitrogens with one attached hydrogen (secondary N) is 1. The summed E-state index contributed by atoms with van der Waals surface area (Å²) in [7, 11) is 0. The van der Waals surface area contributed by atoms with Crippen LogP contribution in [0.25, 0.3) is 0 Å². The van der Waals surface area contributed by atoms with Crippen molar-refractivity contribution in [2.24, 2.45) is 0 Å². The van der Waals surface area contributed by atoms with Crippen molar-refractivity contribution in [3.63, 3.8) is 0 Å². The molecule has 0 atom stereocenters. The summed E-state index contributed by atoms with van der Waals surface area (Å²) in [6.07, 6.45) is 0. The molecular weight excluding hydrogens is 358 g/mol. The minimum Gasteiger partial charge on any atom is -0.378 e. The molecule has 3 rings (SSSR count). The second-order valence-corrected chi connectivity index (χ2v) is 6.39. The first-order valence-corrected chi connectivity index (χ1v) is 8.52. The number of nitrogens with zero attached hydrogens (tertiary/aromatic N) is 2.